The van der Waals surface area contributed by atoms with E-state index in [2.05, 4.69) is 5.32 Å². The Morgan fingerprint density at radius 1 is 1.38 bits per heavy atom. The molecule has 1 aliphatic carbocycles. The van der Waals surface area contributed by atoms with Gasteiger partial charge in [0.2, 0.25) is 0 Å². The molecule has 94 valence electrons. The molecule has 0 aromatic carbocycles. The van der Waals surface area contributed by atoms with Crippen LogP contribution in [0.25, 0.3) is 0 Å². The Bertz CT molecular complexity index is 242. The Kier molecular flexibility index (Phi) is 4.16. The predicted molar refractivity (Wildman–Crippen MR) is 61.2 cm³/mol. The SMILES string of the molecule is CC(C)(C)OC(=O)NCCC1(F)CCCC1. The molecule has 0 bridgehead atoms. The van der Waals surface area contributed by atoms with Crippen LogP contribution in [0, 0.1) is 0 Å². The molecule has 0 aromatic heterocycles. The average Bonchev–Trinajstić information content (AvgIpc) is 2.49. The molecule has 1 saturated carbocycles. The second-order valence-corrected chi connectivity index (χ2v) is 5.54. The number of hydrogen-bond donors (Lipinski definition) is 1. The Morgan fingerprint density at radius 3 is 2.44 bits per heavy atom. The third-order valence-electron chi connectivity index (χ3n) is 2.74. The van der Waals surface area contributed by atoms with Gasteiger partial charge in [0.15, 0.2) is 0 Å². The highest BCUT2D eigenvalue weighted by molar-refractivity contribution is 5.67. The number of carbonyl (C=O) groups is 1. The van der Waals surface area contributed by atoms with Gasteiger partial charge in [-0.2, -0.15) is 0 Å². The van der Waals surface area contributed by atoms with E-state index in [0.717, 1.165) is 12.8 Å². The quantitative estimate of drug-likeness (QED) is 0.810. The number of alkyl carbamates (subject to hydrolysis) is 1. The summed E-state index contributed by atoms with van der Waals surface area (Å²) in [5.74, 6) is 0. The Labute approximate surface area is 96.7 Å². The maximum Gasteiger partial charge on any atom is 0.407 e. The van der Waals surface area contributed by atoms with Crippen LogP contribution >= 0.6 is 0 Å². The fourth-order valence-corrected chi connectivity index (χ4v) is 1.96. The summed E-state index contributed by atoms with van der Waals surface area (Å²) in [6.45, 7) is 5.77. The lowest BCUT2D eigenvalue weighted by molar-refractivity contribution is 0.0514. The van der Waals surface area contributed by atoms with E-state index in [1.807, 2.05) is 0 Å². The van der Waals surface area contributed by atoms with Crippen molar-refractivity contribution in [1.29, 1.82) is 0 Å². The van der Waals surface area contributed by atoms with Crippen LogP contribution in [0.5, 0.6) is 0 Å². The number of ether oxygens (including phenoxy) is 1. The van der Waals surface area contributed by atoms with Gasteiger partial charge in [-0.25, -0.2) is 9.18 Å². The van der Waals surface area contributed by atoms with Crippen molar-refractivity contribution in [1.82, 2.24) is 5.32 Å². The zero-order chi connectivity index (χ0) is 12.2. The second kappa shape index (κ2) is 5.02. The van der Waals surface area contributed by atoms with E-state index in [9.17, 15) is 9.18 Å². The van der Waals surface area contributed by atoms with E-state index in [0.29, 0.717) is 25.8 Å². The van der Waals surface area contributed by atoms with Gasteiger partial charge in [0.05, 0.1) is 0 Å². The van der Waals surface area contributed by atoms with E-state index in [4.69, 9.17) is 4.74 Å². The zero-order valence-corrected chi connectivity index (χ0v) is 10.4. The van der Waals surface area contributed by atoms with Crippen LogP contribution in [-0.2, 0) is 4.74 Å². The molecule has 1 rings (SSSR count). The minimum absolute atomic E-state index is 0.353. The molecule has 0 heterocycles. The number of rotatable bonds is 3. The molecule has 0 aliphatic heterocycles. The molecule has 4 heteroatoms. The van der Waals surface area contributed by atoms with E-state index < -0.39 is 17.4 Å². The summed E-state index contributed by atoms with van der Waals surface area (Å²) in [6, 6.07) is 0. The number of carbonyl (C=O) groups excluding carboxylic acids is 1. The van der Waals surface area contributed by atoms with Crippen LogP contribution in [0.2, 0.25) is 0 Å². The molecule has 0 aromatic rings. The third-order valence-corrected chi connectivity index (χ3v) is 2.74. The van der Waals surface area contributed by atoms with Gasteiger partial charge in [-0.1, -0.05) is 12.8 Å². The van der Waals surface area contributed by atoms with Crippen LogP contribution in [-0.4, -0.2) is 23.9 Å². The molecule has 1 fully saturated rings. The minimum Gasteiger partial charge on any atom is -0.444 e. The Hall–Kier alpha value is -0.800. The molecule has 1 N–H and O–H groups in total. The molecule has 16 heavy (non-hydrogen) atoms. The molecule has 0 radical (unpaired) electrons. The van der Waals surface area contributed by atoms with Gasteiger partial charge < -0.3 is 10.1 Å². The lowest BCUT2D eigenvalue weighted by Crippen LogP contribution is -2.35. The van der Waals surface area contributed by atoms with Crippen molar-refractivity contribution in [2.45, 2.75) is 64.1 Å². The van der Waals surface area contributed by atoms with Crippen LogP contribution in [0.15, 0.2) is 0 Å². The van der Waals surface area contributed by atoms with Crippen molar-refractivity contribution >= 4 is 6.09 Å². The van der Waals surface area contributed by atoms with Crippen molar-refractivity contribution in [3.8, 4) is 0 Å². The highest BCUT2D eigenvalue weighted by Crippen LogP contribution is 2.35. The topological polar surface area (TPSA) is 38.3 Å². The average molecular weight is 231 g/mol. The molecule has 1 amide bonds. The second-order valence-electron chi connectivity index (χ2n) is 5.54. The monoisotopic (exact) mass is 231 g/mol. The van der Waals surface area contributed by atoms with E-state index in [1.165, 1.54) is 0 Å². The van der Waals surface area contributed by atoms with Gasteiger partial charge in [0, 0.05) is 6.54 Å². The van der Waals surface area contributed by atoms with E-state index in [-0.39, 0.29) is 0 Å². The summed E-state index contributed by atoms with van der Waals surface area (Å²) in [4.78, 5) is 11.3. The molecule has 0 saturated heterocycles. The van der Waals surface area contributed by atoms with Crippen LogP contribution < -0.4 is 5.32 Å². The molecule has 0 unspecified atom stereocenters. The van der Waals surface area contributed by atoms with Crippen LogP contribution in [0.3, 0.4) is 0 Å². The first-order valence-electron chi connectivity index (χ1n) is 5.97. The number of hydrogen-bond acceptors (Lipinski definition) is 2. The minimum atomic E-state index is -1.06. The van der Waals surface area contributed by atoms with E-state index in [1.54, 1.807) is 20.8 Å². The number of nitrogens with one attached hydrogen (secondary N) is 1. The maximum absolute atomic E-state index is 13.9. The van der Waals surface area contributed by atoms with Crippen molar-refractivity contribution in [3.05, 3.63) is 0 Å². The number of halogens is 1. The van der Waals surface area contributed by atoms with Crippen LogP contribution in [0.1, 0.15) is 52.9 Å². The predicted octanol–water partition coefficient (Wildman–Crippen LogP) is 3.18. The Morgan fingerprint density at radius 2 is 1.94 bits per heavy atom. The van der Waals surface area contributed by atoms with Crippen molar-refractivity contribution < 1.29 is 13.9 Å². The summed E-state index contributed by atoms with van der Waals surface area (Å²) < 4.78 is 19.0. The first-order chi connectivity index (χ1) is 7.31. The van der Waals surface area contributed by atoms with E-state index >= 15 is 0 Å². The summed E-state index contributed by atoms with van der Waals surface area (Å²) >= 11 is 0. The summed E-state index contributed by atoms with van der Waals surface area (Å²) in [6.07, 6.45) is 3.11. The zero-order valence-electron chi connectivity index (χ0n) is 10.4. The Balaban J connectivity index is 2.18. The highest BCUT2D eigenvalue weighted by Gasteiger charge is 2.33. The van der Waals surface area contributed by atoms with Gasteiger partial charge >= 0.3 is 6.09 Å². The summed E-state index contributed by atoms with van der Waals surface area (Å²) in [5, 5.41) is 2.59. The van der Waals surface area contributed by atoms with Crippen LogP contribution in [0.4, 0.5) is 9.18 Å². The lowest BCUT2D eigenvalue weighted by Gasteiger charge is -2.21. The first kappa shape index (κ1) is 13.3. The molecule has 0 spiro atoms. The lowest BCUT2D eigenvalue weighted by atomic mass is 10.0. The fraction of sp³-hybridized carbons (Fsp3) is 0.917. The van der Waals surface area contributed by atoms with Crippen molar-refractivity contribution in [3.63, 3.8) is 0 Å². The first-order valence-corrected chi connectivity index (χ1v) is 5.97. The maximum atomic E-state index is 13.9. The molecule has 1 aliphatic rings. The van der Waals surface area contributed by atoms with Crippen molar-refractivity contribution in [2.75, 3.05) is 6.54 Å². The number of amides is 1. The van der Waals surface area contributed by atoms with Crippen molar-refractivity contribution in [2.24, 2.45) is 0 Å². The largest absolute Gasteiger partial charge is 0.444 e. The third kappa shape index (κ3) is 4.81. The van der Waals surface area contributed by atoms with Gasteiger partial charge in [-0.3, -0.25) is 0 Å². The van der Waals surface area contributed by atoms with Gasteiger partial charge in [-0.05, 0) is 40.0 Å². The molecule has 0 atom stereocenters. The number of alkyl halides is 1. The van der Waals surface area contributed by atoms with Gasteiger partial charge in [-0.15, -0.1) is 0 Å². The molecule has 3 nitrogen and oxygen atoms in total. The van der Waals surface area contributed by atoms with Gasteiger partial charge in [0.25, 0.3) is 0 Å². The summed E-state index contributed by atoms with van der Waals surface area (Å²) in [7, 11) is 0. The molecular weight excluding hydrogens is 209 g/mol. The summed E-state index contributed by atoms with van der Waals surface area (Å²) in [5.41, 5.74) is -1.56. The normalized spacial score (nSPS) is 19.5. The highest BCUT2D eigenvalue weighted by atomic mass is 19.1. The fourth-order valence-electron chi connectivity index (χ4n) is 1.96. The van der Waals surface area contributed by atoms with Gasteiger partial charge in [0.1, 0.15) is 11.3 Å². The molecular formula is C12H22FNO2. The smallest absolute Gasteiger partial charge is 0.407 e. The standard InChI is InChI=1S/C12H22FNO2/c1-11(2,3)16-10(15)14-9-8-12(13)6-4-5-7-12/h4-9H2,1-3H3,(H,14,15).